The summed E-state index contributed by atoms with van der Waals surface area (Å²) in [4.78, 5) is 11.3. The Morgan fingerprint density at radius 2 is 1.86 bits per heavy atom. The number of nitrogens with two attached hydrogens (primary N) is 1. The number of para-hydroxylation sites is 1. The molecule has 2 N–H and O–H groups in total. The summed E-state index contributed by atoms with van der Waals surface area (Å²) in [5, 5.41) is 1.15. The SMILES string of the molecule is NC(=NCc1cccc2cccnc12)N1CCCCCC1. The Morgan fingerprint density at radius 3 is 2.67 bits per heavy atom. The average Bonchev–Trinajstić information content (AvgIpc) is 2.82. The summed E-state index contributed by atoms with van der Waals surface area (Å²) in [6.45, 7) is 2.66. The zero-order valence-electron chi connectivity index (χ0n) is 12.3. The van der Waals surface area contributed by atoms with E-state index in [0.717, 1.165) is 29.6 Å². The third-order valence-corrected chi connectivity index (χ3v) is 4.06. The first-order chi connectivity index (χ1) is 10.3. The van der Waals surface area contributed by atoms with Crippen LogP contribution < -0.4 is 5.73 Å². The molecule has 0 amide bonds. The fourth-order valence-corrected chi connectivity index (χ4v) is 2.86. The molecule has 0 unspecified atom stereocenters. The molecule has 0 radical (unpaired) electrons. The van der Waals surface area contributed by atoms with Gasteiger partial charge in [0.1, 0.15) is 0 Å². The van der Waals surface area contributed by atoms with E-state index in [2.05, 4.69) is 39.1 Å². The summed E-state index contributed by atoms with van der Waals surface area (Å²) in [6.07, 6.45) is 6.86. The van der Waals surface area contributed by atoms with E-state index in [4.69, 9.17) is 5.73 Å². The number of hydrogen-bond acceptors (Lipinski definition) is 2. The Hall–Kier alpha value is -2.10. The molecule has 0 atom stereocenters. The maximum absolute atomic E-state index is 6.17. The van der Waals surface area contributed by atoms with Gasteiger partial charge >= 0.3 is 0 Å². The molecule has 3 rings (SSSR count). The van der Waals surface area contributed by atoms with E-state index in [0.29, 0.717) is 12.5 Å². The van der Waals surface area contributed by atoms with Gasteiger partial charge in [-0.15, -0.1) is 0 Å². The molecule has 1 aliphatic heterocycles. The number of pyridine rings is 1. The minimum Gasteiger partial charge on any atom is -0.370 e. The van der Waals surface area contributed by atoms with Crippen LogP contribution in [0.1, 0.15) is 31.2 Å². The molecule has 0 aliphatic carbocycles. The summed E-state index contributed by atoms with van der Waals surface area (Å²) < 4.78 is 0. The van der Waals surface area contributed by atoms with Crippen LogP contribution in [0, 0.1) is 0 Å². The highest BCUT2D eigenvalue weighted by Crippen LogP contribution is 2.17. The zero-order valence-corrected chi connectivity index (χ0v) is 12.3. The first-order valence-corrected chi connectivity index (χ1v) is 7.72. The van der Waals surface area contributed by atoms with E-state index in [-0.39, 0.29) is 0 Å². The number of hydrogen-bond donors (Lipinski definition) is 1. The van der Waals surface area contributed by atoms with E-state index < -0.39 is 0 Å². The van der Waals surface area contributed by atoms with Crippen molar-refractivity contribution in [2.75, 3.05) is 13.1 Å². The number of fused-ring (bicyclic) bond motifs is 1. The molecule has 4 nitrogen and oxygen atoms in total. The van der Waals surface area contributed by atoms with Crippen LogP contribution in [0.25, 0.3) is 10.9 Å². The van der Waals surface area contributed by atoms with Gasteiger partial charge in [0.2, 0.25) is 0 Å². The number of aliphatic imine (C=N–C) groups is 1. The third-order valence-electron chi connectivity index (χ3n) is 4.06. The largest absolute Gasteiger partial charge is 0.370 e. The average molecular weight is 282 g/mol. The lowest BCUT2D eigenvalue weighted by molar-refractivity contribution is 0.428. The molecule has 0 bridgehead atoms. The van der Waals surface area contributed by atoms with Crippen LogP contribution in [0.5, 0.6) is 0 Å². The minimum atomic E-state index is 0.594. The van der Waals surface area contributed by atoms with Crippen LogP contribution in [-0.4, -0.2) is 28.9 Å². The molecule has 2 aromatic rings. The van der Waals surface area contributed by atoms with Crippen molar-refractivity contribution in [3.8, 4) is 0 Å². The van der Waals surface area contributed by atoms with Gasteiger partial charge in [-0.25, -0.2) is 4.99 Å². The summed E-state index contributed by atoms with van der Waals surface area (Å²) in [5.41, 5.74) is 8.32. The number of nitrogens with zero attached hydrogens (tertiary/aromatic N) is 3. The first-order valence-electron chi connectivity index (χ1n) is 7.72. The van der Waals surface area contributed by atoms with E-state index in [1.54, 1.807) is 0 Å². The molecule has 1 aromatic heterocycles. The van der Waals surface area contributed by atoms with Crippen molar-refractivity contribution in [2.45, 2.75) is 32.2 Å². The Morgan fingerprint density at radius 1 is 1.10 bits per heavy atom. The highest BCUT2D eigenvalue weighted by Gasteiger charge is 2.11. The Bertz CT molecular complexity index is 622. The predicted octanol–water partition coefficient (Wildman–Crippen LogP) is 2.93. The Labute approximate surface area is 125 Å². The van der Waals surface area contributed by atoms with Crippen molar-refractivity contribution < 1.29 is 0 Å². The highest BCUT2D eigenvalue weighted by molar-refractivity contribution is 5.82. The number of guanidine groups is 1. The van der Waals surface area contributed by atoms with Gasteiger partial charge in [-0.1, -0.05) is 37.1 Å². The molecular weight excluding hydrogens is 260 g/mol. The monoisotopic (exact) mass is 282 g/mol. The van der Waals surface area contributed by atoms with Gasteiger partial charge in [0.15, 0.2) is 5.96 Å². The van der Waals surface area contributed by atoms with Gasteiger partial charge in [-0.2, -0.15) is 0 Å². The van der Waals surface area contributed by atoms with Crippen molar-refractivity contribution in [3.63, 3.8) is 0 Å². The standard InChI is InChI=1S/C17H22N4/c18-17(21-11-3-1-2-4-12-21)20-13-15-8-5-7-14-9-6-10-19-16(14)15/h5-10H,1-4,11-13H2,(H2,18,20). The van der Waals surface area contributed by atoms with Crippen molar-refractivity contribution in [1.82, 2.24) is 9.88 Å². The summed E-state index contributed by atoms with van der Waals surface area (Å²) >= 11 is 0. The smallest absolute Gasteiger partial charge is 0.191 e. The summed E-state index contributed by atoms with van der Waals surface area (Å²) in [5.74, 6) is 0.671. The fourth-order valence-electron chi connectivity index (χ4n) is 2.86. The van der Waals surface area contributed by atoms with Crippen molar-refractivity contribution in [2.24, 2.45) is 10.7 Å². The lowest BCUT2D eigenvalue weighted by Gasteiger charge is -2.21. The molecule has 0 saturated carbocycles. The molecule has 1 fully saturated rings. The van der Waals surface area contributed by atoms with E-state index in [9.17, 15) is 0 Å². The predicted molar refractivity (Wildman–Crippen MR) is 87.1 cm³/mol. The Balaban J connectivity index is 1.77. The van der Waals surface area contributed by atoms with Crippen LogP contribution in [0.3, 0.4) is 0 Å². The Kier molecular flexibility index (Phi) is 4.34. The third kappa shape index (κ3) is 3.32. The van der Waals surface area contributed by atoms with Crippen LogP contribution in [0.15, 0.2) is 41.5 Å². The quantitative estimate of drug-likeness (QED) is 0.680. The molecule has 21 heavy (non-hydrogen) atoms. The maximum Gasteiger partial charge on any atom is 0.191 e. The second-order valence-corrected chi connectivity index (χ2v) is 5.57. The molecule has 0 spiro atoms. The van der Waals surface area contributed by atoms with Gasteiger partial charge in [0.05, 0.1) is 12.1 Å². The molecule has 1 saturated heterocycles. The first kappa shape index (κ1) is 13.9. The molecule has 1 aromatic carbocycles. The van der Waals surface area contributed by atoms with Crippen LogP contribution >= 0.6 is 0 Å². The molecule has 110 valence electrons. The number of benzene rings is 1. The van der Waals surface area contributed by atoms with E-state index in [1.807, 2.05) is 12.3 Å². The normalized spacial score (nSPS) is 17.0. The molecular formula is C17H22N4. The number of aromatic nitrogens is 1. The van der Waals surface area contributed by atoms with Gasteiger partial charge in [0, 0.05) is 24.7 Å². The summed E-state index contributed by atoms with van der Waals surface area (Å²) in [7, 11) is 0. The second-order valence-electron chi connectivity index (χ2n) is 5.57. The molecule has 4 heteroatoms. The topological polar surface area (TPSA) is 54.5 Å². The van der Waals surface area contributed by atoms with Crippen LogP contribution in [0.4, 0.5) is 0 Å². The van der Waals surface area contributed by atoms with Crippen LogP contribution in [0.2, 0.25) is 0 Å². The van der Waals surface area contributed by atoms with Crippen LogP contribution in [-0.2, 0) is 6.54 Å². The van der Waals surface area contributed by atoms with E-state index >= 15 is 0 Å². The van der Waals surface area contributed by atoms with Crippen molar-refractivity contribution >= 4 is 16.9 Å². The number of likely N-dealkylation sites (tertiary alicyclic amines) is 1. The second kappa shape index (κ2) is 6.57. The molecule has 1 aliphatic rings. The lowest BCUT2D eigenvalue weighted by Crippen LogP contribution is -2.38. The zero-order chi connectivity index (χ0) is 14.5. The van der Waals surface area contributed by atoms with Gasteiger partial charge in [-0.3, -0.25) is 4.98 Å². The molecule has 2 heterocycles. The number of rotatable bonds is 2. The van der Waals surface area contributed by atoms with Gasteiger partial charge in [0.25, 0.3) is 0 Å². The lowest BCUT2D eigenvalue weighted by atomic mass is 10.1. The van der Waals surface area contributed by atoms with Gasteiger partial charge < -0.3 is 10.6 Å². The van der Waals surface area contributed by atoms with Crippen molar-refractivity contribution in [3.05, 3.63) is 42.1 Å². The maximum atomic E-state index is 6.17. The van der Waals surface area contributed by atoms with Crippen molar-refractivity contribution in [1.29, 1.82) is 0 Å². The summed E-state index contributed by atoms with van der Waals surface area (Å²) in [6, 6.07) is 10.2. The minimum absolute atomic E-state index is 0.594. The van der Waals surface area contributed by atoms with E-state index in [1.165, 1.54) is 25.7 Å². The van der Waals surface area contributed by atoms with Gasteiger partial charge in [-0.05, 0) is 24.5 Å². The fraction of sp³-hybridized carbons (Fsp3) is 0.412. The highest BCUT2D eigenvalue weighted by atomic mass is 15.2.